The van der Waals surface area contributed by atoms with Crippen LogP contribution in [0.15, 0.2) is 0 Å². The molecular weight excluding hydrogens is 234 g/mol. The van der Waals surface area contributed by atoms with Gasteiger partial charge in [-0.2, -0.15) is 0 Å². The number of likely N-dealkylation sites (tertiary alicyclic amines) is 1. The number of piperidine rings is 1. The van der Waals surface area contributed by atoms with Gasteiger partial charge in [0, 0.05) is 6.04 Å². The third-order valence-corrected chi connectivity index (χ3v) is 6.38. The summed E-state index contributed by atoms with van der Waals surface area (Å²) < 4.78 is 24.2. The molecule has 0 N–H and O–H groups in total. The Morgan fingerprint density at radius 3 is 2.12 bits per heavy atom. The summed E-state index contributed by atoms with van der Waals surface area (Å²) in [5.41, 5.74) is 0. The van der Waals surface area contributed by atoms with Crippen molar-refractivity contribution in [2.45, 2.75) is 58.2 Å². The molecule has 1 aliphatic heterocycles. The highest BCUT2D eigenvalue weighted by Crippen LogP contribution is 2.22. The van der Waals surface area contributed by atoms with Gasteiger partial charge in [0.2, 0.25) is 0 Å². The van der Waals surface area contributed by atoms with Crippen molar-refractivity contribution in [3.05, 3.63) is 0 Å². The Morgan fingerprint density at radius 2 is 1.71 bits per heavy atom. The van der Waals surface area contributed by atoms with Crippen molar-refractivity contribution in [2.75, 3.05) is 18.8 Å². The van der Waals surface area contributed by atoms with Gasteiger partial charge in [0.15, 0.2) is 9.84 Å². The van der Waals surface area contributed by atoms with E-state index in [-0.39, 0.29) is 11.2 Å². The summed E-state index contributed by atoms with van der Waals surface area (Å²) in [6.07, 6.45) is 2.78. The van der Waals surface area contributed by atoms with E-state index in [2.05, 4.69) is 18.7 Å². The second kappa shape index (κ2) is 6.19. The van der Waals surface area contributed by atoms with E-state index >= 15 is 0 Å². The Bertz CT molecular complexity index is 316. The molecule has 0 radical (unpaired) electrons. The van der Waals surface area contributed by atoms with Gasteiger partial charge in [0.05, 0.1) is 11.0 Å². The summed E-state index contributed by atoms with van der Waals surface area (Å²) in [6, 6.07) is 0.587. The van der Waals surface area contributed by atoms with Gasteiger partial charge in [-0.1, -0.05) is 20.8 Å². The van der Waals surface area contributed by atoms with E-state index in [0.29, 0.717) is 11.8 Å². The van der Waals surface area contributed by atoms with Crippen molar-refractivity contribution in [1.82, 2.24) is 4.90 Å². The van der Waals surface area contributed by atoms with Crippen molar-refractivity contribution in [3.8, 4) is 0 Å². The van der Waals surface area contributed by atoms with Gasteiger partial charge in [-0.05, 0) is 45.2 Å². The van der Waals surface area contributed by atoms with Crippen molar-refractivity contribution in [2.24, 2.45) is 5.92 Å². The minimum absolute atomic E-state index is 0.0924. The monoisotopic (exact) mass is 261 g/mol. The lowest BCUT2D eigenvalue weighted by atomic mass is 10.1. The molecule has 0 aliphatic carbocycles. The van der Waals surface area contributed by atoms with Crippen LogP contribution in [0.25, 0.3) is 0 Å². The third-order valence-electron chi connectivity index (χ3n) is 3.76. The molecule has 0 aromatic rings. The van der Waals surface area contributed by atoms with E-state index in [1.54, 1.807) is 0 Å². The summed E-state index contributed by atoms with van der Waals surface area (Å²) in [6.45, 7) is 10.3. The first-order valence-corrected chi connectivity index (χ1v) is 8.54. The number of hydrogen-bond acceptors (Lipinski definition) is 3. The van der Waals surface area contributed by atoms with Gasteiger partial charge in [-0.25, -0.2) is 8.42 Å². The van der Waals surface area contributed by atoms with Gasteiger partial charge < -0.3 is 4.90 Å². The summed E-state index contributed by atoms with van der Waals surface area (Å²) >= 11 is 0. The van der Waals surface area contributed by atoms with Gasteiger partial charge in [0.25, 0.3) is 0 Å². The standard InChI is InChI=1S/C13H27NO2S/c1-5-12(4)14-8-6-13(7-9-14)17(15,16)10-11(2)3/h11-13H,5-10H2,1-4H3. The maximum absolute atomic E-state index is 12.1. The van der Waals surface area contributed by atoms with Crippen LogP contribution in [0.5, 0.6) is 0 Å². The second-order valence-electron chi connectivity index (χ2n) is 5.72. The average Bonchev–Trinajstić information content (AvgIpc) is 2.26. The molecule has 102 valence electrons. The van der Waals surface area contributed by atoms with Crippen LogP contribution in [0, 0.1) is 5.92 Å². The Kier molecular flexibility index (Phi) is 5.45. The van der Waals surface area contributed by atoms with Crippen LogP contribution in [0.1, 0.15) is 47.0 Å². The highest BCUT2D eigenvalue weighted by atomic mass is 32.2. The summed E-state index contributed by atoms with van der Waals surface area (Å²) in [4.78, 5) is 2.42. The molecule has 0 saturated carbocycles. The molecule has 1 saturated heterocycles. The molecule has 3 nitrogen and oxygen atoms in total. The first-order valence-electron chi connectivity index (χ1n) is 6.82. The topological polar surface area (TPSA) is 37.4 Å². The molecule has 1 atom stereocenters. The largest absolute Gasteiger partial charge is 0.301 e. The van der Waals surface area contributed by atoms with E-state index < -0.39 is 9.84 Å². The summed E-state index contributed by atoms with van der Waals surface area (Å²) in [5, 5.41) is -0.0924. The smallest absolute Gasteiger partial charge is 0.153 e. The molecule has 0 bridgehead atoms. The van der Waals surface area contributed by atoms with Gasteiger partial charge >= 0.3 is 0 Å². The zero-order valence-corrected chi connectivity index (χ0v) is 12.5. The van der Waals surface area contributed by atoms with Crippen molar-refractivity contribution < 1.29 is 8.42 Å². The first kappa shape index (κ1) is 15.0. The Hall–Kier alpha value is -0.0900. The molecule has 0 amide bonds. The van der Waals surface area contributed by atoms with Crippen LogP contribution < -0.4 is 0 Å². The van der Waals surface area contributed by atoms with E-state index in [1.165, 1.54) is 0 Å². The lowest BCUT2D eigenvalue weighted by Crippen LogP contribution is -2.44. The highest BCUT2D eigenvalue weighted by Gasteiger charge is 2.31. The molecule has 1 unspecified atom stereocenters. The van der Waals surface area contributed by atoms with Crippen LogP contribution in [0.3, 0.4) is 0 Å². The van der Waals surface area contributed by atoms with Crippen LogP contribution in [-0.4, -0.2) is 43.5 Å². The minimum atomic E-state index is -2.87. The number of rotatable bonds is 5. The molecule has 0 spiro atoms. The van der Waals surface area contributed by atoms with Crippen LogP contribution in [0.4, 0.5) is 0 Å². The van der Waals surface area contributed by atoms with Crippen molar-refractivity contribution in [1.29, 1.82) is 0 Å². The molecule has 17 heavy (non-hydrogen) atoms. The van der Waals surface area contributed by atoms with Crippen molar-refractivity contribution >= 4 is 9.84 Å². The van der Waals surface area contributed by atoms with Crippen molar-refractivity contribution in [3.63, 3.8) is 0 Å². The minimum Gasteiger partial charge on any atom is -0.301 e. The normalized spacial score (nSPS) is 21.9. The average molecular weight is 261 g/mol. The maximum Gasteiger partial charge on any atom is 0.153 e. The molecule has 4 heteroatoms. The second-order valence-corrected chi connectivity index (χ2v) is 8.04. The van der Waals surface area contributed by atoms with Crippen LogP contribution in [-0.2, 0) is 9.84 Å². The number of hydrogen-bond donors (Lipinski definition) is 0. The van der Waals surface area contributed by atoms with Crippen LogP contribution in [0.2, 0.25) is 0 Å². The fourth-order valence-corrected chi connectivity index (χ4v) is 4.67. The van der Waals surface area contributed by atoms with Gasteiger partial charge in [-0.15, -0.1) is 0 Å². The number of sulfone groups is 1. The Balaban J connectivity index is 2.52. The molecule has 0 aromatic heterocycles. The third kappa shape index (κ3) is 4.25. The molecule has 0 aromatic carbocycles. The fourth-order valence-electron chi connectivity index (χ4n) is 2.53. The summed E-state index contributed by atoms with van der Waals surface area (Å²) in [7, 11) is -2.87. The SMILES string of the molecule is CCC(C)N1CCC(S(=O)(=O)CC(C)C)CC1. The van der Waals surface area contributed by atoms with Gasteiger partial charge in [-0.3, -0.25) is 0 Å². The van der Waals surface area contributed by atoms with E-state index in [9.17, 15) is 8.42 Å². The quantitative estimate of drug-likeness (QED) is 0.762. The van der Waals surface area contributed by atoms with E-state index in [1.807, 2.05) is 13.8 Å². The number of nitrogens with zero attached hydrogens (tertiary/aromatic N) is 1. The highest BCUT2D eigenvalue weighted by molar-refractivity contribution is 7.92. The predicted molar refractivity (Wildman–Crippen MR) is 73.0 cm³/mol. The molecule has 1 aliphatic rings. The molecule has 1 rings (SSSR count). The Labute approximate surface area is 106 Å². The Morgan fingerprint density at radius 1 is 1.18 bits per heavy atom. The molecular formula is C13H27NO2S. The van der Waals surface area contributed by atoms with E-state index in [4.69, 9.17) is 0 Å². The maximum atomic E-state index is 12.1. The molecule has 1 heterocycles. The fraction of sp³-hybridized carbons (Fsp3) is 1.00. The van der Waals surface area contributed by atoms with Gasteiger partial charge in [0.1, 0.15) is 0 Å². The van der Waals surface area contributed by atoms with E-state index in [0.717, 1.165) is 32.4 Å². The zero-order valence-electron chi connectivity index (χ0n) is 11.6. The zero-order chi connectivity index (χ0) is 13.1. The predicted octanol–water partition coefficient (Wildman–Crippen LogP) is 2.32. The lowest BCUT2D eigenvalue weighted by Gasteiger charge is -2.35. The summed E-state index contributed by atoms with van der Waals surface area (Å²) in [5.74, 6) is 0.591. The van der Waals surface area contributed by atoms with Crippen LogP contribution >= 0.6 is 0 Å². The molecule has 1 fully saturated rings. The lowest BCUT2D eigenvalue weighted by molar-refractivity contribution is 0.171. The first-order chi connectivity index (χ1) is 7.86.